The minimum Gasteiger partial charge on any atom is -0.497 e. The lowest BCUT2D eigenvalue weighted by atomic mass is 10.0. The molecule has 0 bridgehead atoms. The molecule has 0 unspecified atom stereocenters. The summed E-state index contributed by atoms with van der Waals surface area (Å²) < 4.78 is 28.3. The van der Waals surface area contributed by atoms with Crippen molar-refractivity contribution in [2.24, 2.45) is 0 Å². The molecule has 0 spiro atoms. The summed E-state index contributed by atoms with van der Waals surface area (Å²) in [5.74, 6) is 0.851. The first-order valence-corrected chi connectivity index (χ1v) is 10.4. The fourth-order valence-corrected chi connectivity index (χ4v) is 3.49. The molecule has 3 rings (SSSR count). The normalized spacial score (nSPS) is 11.3. The summed E-state index contributed by atoms with van der Waals surface area (Å²) in [4.78, 5) is 0.365. The summed E-state index contributed by atoms with van der Waals surface area (Å²) >= 11 is 0. The average molecular weight is 366 g/mol. The number of aryl methyl sites for hydroxylation is 2. The van der Waals surface area contributed by atoms with Crippen LogP contribution in [0.4, 0.5) is 0 Å². The second-order valence-corrected chi connectivity index (χ2v) is 8.36. The zero-order chi connectivity index (χ0) is 18.6. The van der Waals surface area contributed by atoms with Crippen molar-refractivity contribution in [2.45, 2.75) is 17.7 Å². The molecule has 0 aliphatic carbocycles. The molecule has 3 aromatic carbocycles. The predicted octanol–water partition coefficient (Wildman–Crippen LogP) is 4.55. The van der Waals surface area contributed by atoms with Crippen LogP contribution in [-0.2, 0) is 22.7 Å². The van der Waals surface area contributed by atoms with Gasteiger partial charge in [-0.3, -0.25) is 0 Å². The molecule has 0 saturated heterocycles. The molecule has 26 heavy (non-hydrogen) atoms. The van der Waals surface area contributed by atoms with Crippen LogP contribution >= 0.6 is 0 Å². The van der Waals surface area contributed by atoms with Crippen LogP contribution < -0.4 is 4.74 Å². The first kappa shape index (κ1) is 18.2. The zero-order valence-corrected chi connectivity index (χ0v) is 15.8. The molecule has 0 N–H and O–H groups in total. The lowest BCUT2D eigenvalue weighted by molar-refractivity contribution is 0.415. The van der Waals surface area contributed by atoms with Crippen LogP contribution in [0.25, 0.3) is 11.1 Å². The third kappa shape index (κ3) is 4.52. The summed E-state index contributed by atoms with van der Waals surface area (Å²) in [6, 6.07) is 23.7. The maximum Gasteiger partial charge on any atom is 0.175 e. The van der Waals surface area contributed by atoms with Crippen LogP contribution in [0.5, 0.6) is 5.75 Å². The van der Waals surface area contributed by atoms with E-state index < -0.39 is 9.84 Å². The molecule has 0 aliphatic heterocycles. The van der Waals surface area contributed by atoms with Gasteiger partial charge in [0.15, 0.2) is 9.84 Å². The van der Waals surface area contributed by atoms with E-state index in [2.05, 4.69) is 30.3 Å². The zero-order valence-electron chi connectivity index (χ0n) is 15.0. The van der Waals surface area contributed by atoms with Crippen molar-refractivity contribution >= 4 is 9.84 Å². The van der Waals surface area contributed by atoms with Gasteiger partial charge in [0, 0.05) is 6.26 Å². The van der Waals surface area contributed by atoms with E-state index in [0.717, 1.165) is 35.3 Å². The van der Waals surface area contributed by atoms with Crippen LogP contribution in [-0.4, -0.2) is 21.8 Å². The standard InChI is InChI=1S/C22H22O3S/c1-25-21-5-3-4-20(16-21)19-12-8-17(9-13-19)6-7-18-10-14-22(15-11-18)26(2,23)24/h3-5,8-16H,6-7H2,1-2H3. The Hall–Kier alpha value is -2.59. The van der Waals surface area contributed by atoms with Crippen LogP contribution in [0.3, 0.4) is 0 Å². The van der Waals surface area contributed by atoms with E-state index in [4.69, 9.17) is 4.74 Å². The minimum absolute atomic E-state index is 0.365. The smallest absolute Gasteiger partial charge is 0.175 e. The van der Waals surface area contributed by atoms with Crippen molar-refractivity contribution < 1.29 is 13.2 Å². The third-order valence-corrected chi connectivity index (χ3v) is 5.54. The Balaban J connectivity index is 1.66. The van der Waals surface area contributed by atoms with Gasteiger partial charge in [-0.05, 0) is 59.4 Å². The van der Waals surface area contributed by atoms with Gasteiger partial charge in [-0.15, -0.1) is 0 Å². The SMILES string of the molecule is COc1cccc(-c2ccc(CCc3ccc(S(C)(=O)=O)cc3)cc2)c1. The molecule has 0 amide bonds. The van der Waals surface area contributed by atoms with Gasteiger partial charge < -0.3 is 4.74 Å². The summed E-state index contributed by atoms with van der Waals surface area (Å²) in [6.45, 7) is 0. The fraction of sp³-hybridized carbons (Fsp3) is 0.182. The molecular weight excluding hydrogens is 344 g/mol. The van der Waals surface area contributed by atoms with E-state index in [-0.39, 0.29) is 0 Å². The van der Waals surface area contributed by atoms with Crippen molar-refractivity contribution in [3.8, 4) is 16.9 Å². The van der Waals surface area contributed by atoms with Crippen molar-refractivity contribution in [3.05, 3.63) is 83.9 Å². The predicted molar refractivity (Wildman–Crippen MR) is 105 cm³/mol. The van der Waals surface area contributed by atoms with Gasteiger partial charge in [0.2, 0.25) is 0 Å². The van der Waals surface area contributed by atoms with Crippen molar-refractivity contribution in [2.75, 3.05) is 13.4 Å². The van der Waals surface area contributed by atoms with E-state index in [0.29, 0.717) is 4.90 Å². The van der Waals surface area contributed by atoms with E-state index in [1.807, 2.05) is 30.3 Å². The lowest BCUT2D eigenvalue weighted by Gasteiger charge is -2.07. The monoisotopic (exact) mass is 366 g/mol. The Morgan fingerprint density at radius 1 is 0.769 bits per heavy atom. The highest BCUT2D eigenvalue weighted by molar-refractivity contribution is 7.90. The van der Waals surface area contributed by atoms with Gasteiger partial charge in [-0.2, -0.15) is 0 Å². The molecule has 0 atom stereocenters. The molecule has 0 aromatic heterocycles. The molecule has 0 fully saturated rings. The average Bonchev–Trinajstić information content (AvgIpc) is 2.66. The topological polar surface area (TPSA) is 43.4 Å². The highest BCUT2D eigenvalue weighted by Crippen LogP contribution is 2.24. The number of rotatable bonds is 6. The molecule has 3 nitrogen and oxygen atoms in total. The van der Waals surface area contributed by atoms with Crippen molar-refractivity contribution in [1.29, 1.82) is 0 Å². The number of sulfone groups is 1. The van der Waals surface area contributed by atoms with Gasteiger partial charge in [0.05, 0.1) is 12.0 Å². The second kappa shape index (κ2) is 7.75. The van der Waals surface area contributed by atoms with Crippen molar-refractivity contribution in [3.63, 3.8) is 0 Å². The lowest BCUT2D eigenvalue weighted by Crippen LogP contribution is -1.97. The molecule has 3 aromatic rings. The number of hydrogen-bond acceptors (Lipinski definition) is 3. The molecule has 0 saturated carbocycles. The van der Waals surface area contributed by atoms with E-state index in [9.17, 15) is 8.42 Å². The summed E-state index contributed by atoms with van der Waals surface area (Å²) in [7, 11) is -1.46. The number of ether oxygens (including phenoxy) is 1. The quantitative estimate of drug-likeness (QED) is 0.643. The minimum atomic E-state index is -3.13. The fourth-order valence-electron chi connectivity index (χ4n) is 2.86. The second-order valence-electron chi connectivity index (χ2n) is 6.34. The van der Waals surface area contributed by atoms with E-state index in [1.165, 1.54) is 11.8 Å². The number of benzene rings is 3. The maximum absolute atomic E-state index is 11.5. The molecule has 134 valence electrons. The molecule has 0 radical (unpaired) electrons. The highest BCUT2D eigenvalue weighted by atomic mass is 32.2. The molecule has 4 heteroatoms. The van der Waals surface area contributed by atoms with Crippen LogP contribution in [0.15, 0.2) is 77.7 Å². The Bertz CT molecular complexity index is 973. The Labute approximate surface area is 155 Å². The van der Waals surface area contributed by atoms with E-state index >= 15 is 0 Å². The number of hydrogen-bond donors (Lipinski definition) is 0. The van der Waals surface area contributed by atoms with Gasteiger partial charge in [-0.1, -0.05) is 48.5 Å². The number of methoxy groups -OCH3 is 1. The molecule has 0 heterocycles. The maximum atomic E-state index is 11.5. The Morgan fingerprint density at radius 3 is 1.88 bits per heavy atom. The first-order chi connectivity index (χ1) is 12.5. The van der Waals surface area contributed by atoms with Crippen LogP contribution in [0, 0.1) is 0 Å². The van der Waals surface area contributed by atoms with Crippen molar-refractivity contribution in [1.82, 2.24) is 0 Å². The van der Waals surface area contributed by atoms with Crippen LogP contribution in [0.2, 0.25) is 0 Å². The summed E-state index contributed by atoms with van der Waals surface area (Å²) in [5, 5.41) is 0. The third-order valence-electron chi connectivity index (χ3n) is 4.41. The van der Waals surface area contributed by atoms with E-state index in [1.54, 1.807) is 19.2 Å². The summed E-state index contributed by atoms with van der Waals surface area (Å²) in [5.41, 5.74) is 4.68. The summed E-state index contributed by atoms with van der Waals surface area (Å²) in [6.07, 6.45) is 3.02. The first-order valence-electron chi connectivity index (χ1n) is 8.48. The Kier molecular flexibility index (Phi) is 5.43. The van der Waals surface area contributed by atoms with Gasteiger partial charge in [-0.25, -0.2) is 8.42 Å². The van der Waals surface area contributed by atoms with Gasteiger partial charge in [0.1, 0.15) is 5.75 Å². The van der Waals surface area contributed by atoms with Crippen LogP contribution in [0.1, 0.15) is 11.1 Å². The largest absolute Gasteiger partial charge is 0.497 e. The van der Waals surface area contributed by atoms with Gasteiger partial charge in [0.25, 0.3) is 0 Å². The molecule has 0 aliphatic rings. The molecular formula is C22H22O3S. The Morgan fingerprint density at radius 2 is 1.35 bits per heavy atom. The van der Waals surface area contributed by atoms with Gasteiger partial charge >= 0.3 is 0 Å². The highest BCUT2D eigenvalue weighted by Gasteiger charge is 2.06.